The third kappa shape index (κ3) is 6.80. The normalized spacial score (nSPS) is 20.6. The number of amides is 2. The summed E-state index contributed by atoms with van der Waals surface area (Å²) in [6, 6.07) is 8.59. The van der Waals surface area contributed by atoms with Crippen LogP contribution in [0.2, 0.25) is 0 Å². The molecule has 0 saturated heterocycles. The van der Waals surface area contributed by atoms with Crippen LogP contribution in [0.3, 0.4) is 0 Å². The molecule has 1 fully saturated rings. The lowest BCUT2D eigenvalue weighted by Crippen LogP contribution is -2.47. The van der Waals surface area contributed by atoms with Crippen LogP contribution in [0.25, 0.3) is 0 Å². The molecule has 0 aromatic heterocycles. The predicted octanol–water partition coefficient (Wildman–Crippen LogP) is 3.19. The summed E-state index contributed by atoms with van der Waals surface area (Å²) in [5.41, 5.74) is 3.15. The van der Waals surface area contributed by atoms with Gasteiger partial charge in [-0.25, -0.2) is 8.42 Å². The maximum Gasteiger partial charge on any atom is 0.416 e. The monoisotopic (exact) mass is 544 g/mol. The highest BCUT2D eigenvalue weighted by Crippen LogP contribution is 2.34. The lowest BCUT2D eigenvalue weighted by molar-refractivity contribution is -0.138. The summed E-state index contributed by atoms with van der Waals surface area (Å²) in [7, 11) is -3.76. The number of nitrogens with two attached hydrogens (primary N) is 1. The van der Waals surface area contributed by atoms with E-state index in [-0.39, 0.29) is 23.5 Å². The van der Waals surface area contributed by atoms with Crippen molar-refractivity contribution in [2.45, 2.75) is 53.8 Å². The fourth-order valence-electron chi connectivity index (χ4n) is 4.47. The van der Waals surface area contributed by atoms with Crippen molar-refractivity contribution in [3.05, 3.63) is 59.2 Å². The number of carbonyl (C=O) groups excluding carboxylic acids is 2. The van der Waals surface area contributed by atoms with E-state index in [9.17, 15) is 36.3 Å². The van der Waals surface area contributed by atoms with E-state index in [2.05, 4.69) is 5.32 Å². The average Bonchev–Trinajstić information content (AvgIpc) is 2.80. The van der Waals surface area contributed by atoms with Crippen LogP contribution >= 0.6 is 11.8 Å². The van der Waals surface area contributed by atoms with Gasteiger partial charge in [-0.1, -0.05) is 6.07 Å². The summed E-state index contributed by atoms with van der Waals surface area (Å²) in [4.78, 5) is 25.5. The largest absolute Gasteiger partial charge is 0.416 e. The Morgan fingerprint density at radius 1 is 1.14 bits per heavy atom. The van der Waals surface area contributed by atoms with Gasteiger partial charge in [0.15, 0.2) is 9.84 Å². The fraction of sp³-hybridized carbons (Fsp3) is 0.417. The fourth-order valence-corrected chi connectivity index (χ4v) is 6.55. The zero-order valence-electron chi connectivity index (χ0n) is 19.4. The van der Waals surface area contributed by atoms with Gasteiger partial charge in [-0.05, 0) is 73.4 Å². The van der Waals surface area contributed by atoms with Gasteiger partial charge in [0.05, 0.1) is 28.7 Å². The van der Waals surface area contributed by atoms with Crippen molar-refractivity contribution in [3.8, 4) is 0 Å². The number of hydrogen-bond acceptors (Lipinski definition) is 6. The van der Waals surface area contributed by atoms with E-state index in [1.54, 1.807) is 12.1 Å². The second-order valence-electron chi connectivity index (χ2n) is 8.73. The second kappa shape index (κ2) is 11.2. The van der Waals surface area contributed by atoms with Crippen LogP contribution in [0.1, 0.15) is 40.7 Å². The smallest absolute Gasteiger partial charge is 0.393 e. The SMILES string of the molecule is CSc1ccc(S(=O)(=O)CC2CC(O)CCC2NC(=O)Cc2c(C(N)=O)cccc2C(F)(F)F)cc1. The molecule has 2 amide bonds. The molecule has 3 atom stereocenters. The standard InChI is InChI=1S/C24H27F3N2O5S2/c1-35-16-6-8-17(9-7-16)36(33,34)13-14-11-15(30)5-10-21(14)29-22(31)12-19-18(23(28)32)3-2-4-20(19)24(25,26)27/h2-4,6-9,14-15,21,30H,5,10-13H2,1H3,(H2,28,32)(H,29,31). The lowest BCUT2D eigenvalue weighted by atomic mass is 9.83. The average molecular weight is 545 g/mol. The summed E-state index contributed by atoms with van der Waals surface area (Å²) >= 11 is 1.46. The number of sulfone groups is 1. The number of carbonyl (C=O) groups is 2. The third-order valence-corrected chi connectivity index (χ3v) is 8.84. The van der Waals surface area contributed by atoms with Crippen LogP contribution in [0, 0.1) is 5.92 Å². The van der Waals surface area contributed by atoms with Gasteiger partial charge >= 0.3 is 6.18 Å². The molecule has 3 rings (SSSR count). The summed E-state index contributed by atoms with van der Waals surface area (Å²) in [5, 5.41) is 12.8. The molecule has 0 radical (unpaired) electrons. The Balaban J connectivity index is 1.81. The van der Waals surface area contributed by atoms with Crippen LogP contribution < -0.4 is 11.1 Å². The predicted molar refractivity (Wildman–Crippen MR) is 129 cm³/mol. The van der Waals surface area contributed by atoms with Crippen molar-refractivity contribution in [1.82, 2.24) is 5.32 Å². The van der Waals surface area contributed by atoms with E-state index in [4.69, 9.17) is 5.73 Å². The van der Waals surface area contributed by atoms with Crippen molar-refractivity contribution < 1.29 is 36.3 Å². The Morgan fingerprint density at radius 2 is 1.81 bits per heavy atom. The first-order chi connectivity index (χ1) is 16.8. The molecule has 2 aromatic carbocycles. The van der Waals surface area contributed by atoms with E-state index in [1.807, 2.05) is 6.26 Å². The molecule has 0 spiro atoms. The summed E-state index contributed by atoms with van der Waals surface area (Å²) in [5.74, 6) is -2.90. The third-order valence-electron chi connectivity index (χ3n) is 6.24. The summed E-state index contributed by atoms with van der Waals surface area (Å²) < 4.78 is 66.6. The van der Waals surface area contributed by atoms with E-state index in [0.29, 0.717) is 6.42 Å². The van der Waals surface area contributed by atoms with E-state index in [1.165, 1.54) is 23.9 Å². The minimum absolute atomic E-state index is 0.107. The Kier molecular flexibility index (Phi) is 8.73. The molecule has 2 aromatic rings. The molecule has 4 N–H and O–H groups in total. The van der Waals surface area contributed by atoms with Gasteiger partial charge in [0.1, 0.15) is 0 Å². The van der Waals surface area contributed by atoms with Crippen LogP contribution in [0.4, 0.5) is 13.2 Å². The number of alkyl halides is 3. The first kappa shape index (κ1) is 28.0. The van der Waals surface area contributed by atoms with Gasteiger partial charge in [0.2, 0.25) is 11.8 Å². The van der Waals surface area contributed by atoms with Gasteiger partial charge in [0, 0.05) is 16.5 Å². The summed E-state index contributed by atoms with van der Waals surface area (Å²) in [6.45, 7) is 0. The number of hydrogen-bond donors (Lipinski definition) is 3. The molecule has 196 valence electrons. The number of aliphatic hydroxyl groups is 1. The molecule has 1 saturated carbocycles. The molecule has 1 aliphatic carbocycles. The van der Waals surface area contributed by atoms with E-state index >= 15 is 0 Å². The Hall–Kier alpha value is -2.57. The quantitative estimate of drug-likeness (QED) is 0.438. The van der Waals surface area contributed by atoms with Crippen LogP contribution in [0.5, 0.6) is 0 Å². The topological polar surface area (TPSA) is 127 Å². The first-order valence-corrected chi connectivity index (χ1v) is 14.0. The molecule has 1 aliphatic rings. The number of benzene rings is 2. The minimum Gasteiger partial charge on any atom is -0.393 e. The van der Waals surface area contributed by atoms with Gasteiger partial charge in [0.25, 0.3) is 0 Å². The minimum atomic E-state index is -4.81. The molecule has 12 heteroatoms. The molecule has 0 aliphatic heterocycles. The zero-order valence-corrected chi connectivity index (χ0v) is 21.0. The molecular weight excluding hydrogens is 517 g/mol. The number of aliphatic hydroxyl groups excluding tert-OH is 1. The zero-order chi connectivity index (χ0) is 26.7. The van der Waals surface area contributed by atoms with Gasteiger partial charge in [-0.15, -0.1) is 11.8 Å². The maximum absolute atomic E-state index is 13.5. The van der Waals surface area contributed by atoms with Crippen molar-refractivity contribution in [3.63, 3.8) is 0 Å². The molecular formula is C24H27F3N2O5S2. The van der Waals surface area contributed by atoms with Crippen LogP contribution in [-0.4, -0.2) is 49.5 Å². The number of thioether (sulfide) groups is 1. The maximum atomic E-state index is 13.5. The van der Waals surface area contributed by atoms with Gasteiger partial charge in [-0.3, -0.25) is 9.59 Å². The molecule has 7 nitrogen and oxygen atoms in total. The van der Waals surface area contributed by atoms with Crippen molar-refractivity contribution >= 4 is 33.4 Å². The van der Waals surface area contributed by atoms with Crippen molar-refractivity contribution in [1.29, 1.82) is 0 Å². The van der Waals surface area contributed by atoms with Crippen molar-refractivity contribution in [2.75, 3.05) is 12.0 Å². The molecule has 0 bridgehead atoms. The first-order valence-electron chi connectivity index (χ1n) is 11.1. The molecule has 0 heterocycles. The Labute approximate surface area is 211 Å². The van der Waals surface area contributed by atoms with Crippen LogP contribution in [-0.2, 0) is 27.2 Å². The van der Waals surface area contributed by atoms with Crippen LogP contribution in [0.15, 0.2) is 52.3 Å². The van der Waals surface area contributed by atoms with Crippen molar-refractivity contribution in [2.24, 2.45) is 11.7 Å². The van der Waals surface area contributed by atoms with E-state index < -0.39 is 69.0 Å². The highest BCUT2D eigenvalue weighted by molar-refractivity contribution is 7.98. The van der Waals surface area contributed by atoms with E-state index in [0.717, 1.165) is 23.1 Å². The molecule has 36 heavy (non-hydrogen) atoms. The highest BCUT2D eigenvalue weighted by Gasteiger charge is 2.37. The Bertz CT molecular complexity index is 1220. The van der Waals surface area contributed by atoms with Gasteiger partial charge < -0.3 is 16.2 Å². The molecule has 3 unspecified atom stereocenters. The van der Waals surface area contributed by atoms with Gasteiger partial charge in [-0.2, -0.15) is 13.2 Å². The second-order valence-corrected chi connectivity index (χ2v) is 11.6. The lowest BCUT2D eigenvalue weighted by Gasteiger charge is -2.34. The number of rotatable bonds is 8. The number of halogens is 3. The Morgan fingerprint density at radius 3 is 2.39 bits per heavy atom. The highest BCUT2D eigenvalue weighted by atomic mass is 32.2. The number of nitrogens with one attached hydrogen (secondary N) is 1. The number of primary amides is 1. The summed E-state index contributed by atoms with van der Waals surface area (Å²) in [6.07, 6.45) is -3.80.